The zero-order valence-corrected chi connectivity index (χ0v) is 8.75. The van der Waals surface area contributed by atoms with E-state index in [0.29, 0.717) is 5.70 Å². The fourth-order valence-electron chi connectivity index (χ4n) is 0.651. The van der Waals surface area contributed by atoms with Crippen molar-refractivity contribution in [2.75, 3.05) is 0 Å². The molecule has 0 aliphatic carbocycles. The molecule has 0 aromatic rings. The Morgan fingerprint density at radius 2 is 1.54 bits per heavy atom. The molecule has 0 saturated carbocycles. The molecule has 0 rings (SSSR count). The van der Waals surface area contributed by atoms with Crippen molar-refractivity contribution in [3.8, 4) is 0 Å². The highest BCUT2D eigenvalue weighted by molar-refractivity contribution is 5.43. The second kappa shape index (κ2) is 10.6. The van der Waals surface area contributed by atoms with Crippen LogP contribution in [0.5, 0.6) is 0 Å². The zero-order valence-electron chi connectivity index (χ0n) is 8.75. The van der Waals surface area contributed by atoms with E-state index in [1.807, 2.05) is 26.8 Å². The number of hydrogen-bond donors (Lipinski definition) is 0. The first-order chi connectivity index (χ1) is 6.29. The van der Waals surface area contributed by atoms with E-state index >= 15 is 0 Å². The van der Waals surface area contributed by atoms with Crippen LogP contribution in [0.15, 0.2) is 46.2 Å². The second-order valence-corrected chi connectivity index (χ2v) is 1.78. The molecule has 0 N–H and O–H groups in total. The first-order valence-corrected chi connectivity index (χ1v) is 4.23. The molecular formula is C11H18N2. The van der Waals surface area contributed by atoms with Crippen LogP contribution < -0.4 is 0 Å². The van der Waals surface area contributed by atoms with Gasteiger partial charge in [-0.1, -0.05) is 32.6 Å². The van der Waals surface area contributed by atoms with E-state index in [-0.39, 0.29) is 0 Å². The van der Waals surface area contributed by atoms with Gasteiger partial charge in [0.15, 0.2) is 0 Å². The summed E-state index contributed by atoms with van der Waals surface area (Å²) in [5.41, 5.74) is 1.41. The Hall–Kier alpha value is -1.44. The van der Waals surface area contributed by atoms with Gasteiger partial charge >= 0.3 is 0 Å². The molecule has 13 heavy (non-hydrogen) atoms. The summed E-state index contributed by atoms with van der Waals surface area (Å²) < 4.78 is 0. The Labute approximate surface area is 81.1 Å². The van der Waals surface area contributed by atoms with Gasteiger partial charge in [0.1, 0.15) is 0 Å². The summed E-state index contributed by atoms with van der Waals surface area (Å²) in [5, 5.41) is 0. The average molecular weight is 178 g/mol. The summed E-state index contributed by atoms with van der Waals surface area (Å²) in [7, 11) is 0. The first kappa shape index (κ1) is 14.1. The number of allylic oxidation sites excluding steroid dienone is 3. The summed E-state index contributed by atoms with van der Waals surface area (Å²) in [4.78, 5) is 7.52. The van der Waals surface area contributed by atoms with Gasteiger partial charge < -0.3 is 0 Å². The molecule has 0 aliphatic rings. The summed E-state index contributed by atoms with van der Waals surface area (Å²) in [6.45, 7) is 16.2. The van der Waals surface area contributed by atoms with Crippen LogP contribution in [-0.4, -0.2) is 13.4 Å². The quantitative estimate of drug-likeness (QED) is 0.465. The van der Waals surface area contributed by atoms with Gasteiger partial charge in [0.2, 0.25) is 0 Å². The van der Waals surface area contributed by atoms with Gasteiger partial charge in [-0.3, -0.25) is 9.98 Å². The van der Waals surface area contributed by atoms with E-state index in [1.165, 1.54) is 0 Å². The lowest BCUT2D eigenvalue weighted by Gasteiger charge is -1.97. The number of aliphatic imine (C=N–C) groups is 2. The standard InChI is InChI=1S/C9H12N2.C2H6/c1-5-7-9(11-4)8(6-2)10-3;1-2/h5-7H,1,3-4H2,2H3;1-2H3/b8-6+,9-7+;. The lowest BCUT2D eigenvalue weighted by atomic mass is 10.3. The Morgan fingerprint density at radius 3 is 1.77 bits per heavy atom. The summed E-state index contributed by atoms with van der Waals surface area (Å²) in [6, 6.07) is 0. The highest BCUT2D eigenvalue weighted by Gasteiger charge is 1.95. The van der Waals surface area contributed by atoms with Crippen LogP contribution in [0.1, 0.15) is 20.8 Å². The van der Waals surface area contributed by atoms with Crippen molar-refractivity contribution in [2.45, 2.75) is 20.8 Å². The topological polar surface area (TPSA) is 24.7 Å². The molecule has 0 unspecified atom stereocenters. The van der Waals surface area contributed by atoms with E-state index in [4.69, 9.17) is 0 Å². The van der Waals surface area contributed by atoms with Crippen molar-refractivity contribution in [3.05, 3.63) is 36.2 Å². The van der Waals surface area contributed by atoms with Crippen molar-refractivity contribution in [1.82, 2.24) is 0 Å². The maximum atomic E-state index is 3.76. The monoisotopic (exact) mass is 178 g/mol. The molecule has 0 fully saturated rings. The van der Waals surface area contributed by atoms with E-state index in [0.717, 1.165) is 5.70 Å². The van der Waals surface area contributed by atoms with Gasteiger partial charge in [-0.15, -0.1) is 0 Å². The zero-order chi connectivity index (χ0) is 10.7. The van der Waals surface area contributed by atoms with E-state index in [2.05, 4.69) is 30.0 Å². The predicted octanol–water partition coefficient (Wildman–Crippen LogP) is 3.39. The van der Waals surface area contributed by atoms with Crippen molar-refractivity contribution in [1.29, 1.82) is 0 Å². The number of rotatable bonds is 4. The summed E-state index contributed by atoms with van der Waals surface area (Å²) >= 11 is 0. The number of hydrogen-bond acceptors (Lipinski definition) is 2. The normalized spacial score (nSPS) is 11.0. The minimum atomic E-state index is 0.692. The van der Waals surface area contributed by atoms with Gasteiger partial charge in [0.25, 0.3) is 0 Å². The first-order valence-electron chi connectivity index (χ1n) is 4.23. The number of nitrogens with zero attached hydrogens (tertiary/aromatic N) is 2. The smallest absolute Gasteiger partial charge is 0.0874 e. The largest absolute Gasteiger partial charge is 0.263 e. The Bertz CT molecular complexity index is 222. The minimum Gasteiger partial charge on any atom is -0.263 e. The van der Waals surface area contributed by atoms with Crippen LogP contribution in [0.25, 0.3) is 0 Å². The Morgan fingerprint density at radius 1 is 1.08 bits per heavy atom. The van der Waals surface area contributed by atoms with E-state index in [1.54, 1.807) is 12.2 Å². The summed E-state index contributed by atoms with van der Waals surface area (Å²) in [5.74, 6) is 0. The molecular weight excluding hydrogens is 160 g/mol. The van der Waals surface area contributed by atoms with Crippen LogP contribution in [0.3, 0.4) is 0 Å². The molecule has 0 atom stereocenters. The van der Waals surface area contributed by atoms with Crippen LogP contribution in [0.2, 0.25) is 0 Å². The molecule has 0 radical (unpaired) electrons. The highest BCUT2D eigenvalue weighted by Crippen LogP contribution is 2.11. The van der Waals surface area contributed by atoms with Crippen LogP contribution in [0, 0.1) is 0 Å². The van der Waals surface area contributed by atoms with Gasteiger partial charge in [-0.2, -0.15) is 0 Å². The van der Waals surface area contributed by atoms with E-state index in [9.17, 15) is 0 Å². The molecule has 0 amide bonds. The molecule has 0 aromatic heterocycles. The van der Waals surface area contributed by atoms with Crippen molar-refractivity contribution >= 4 is 13.4 Å². The van der Waals surface area contributed by atoms with Gasteiger partial charge in [-0.05, 0) is 26.4 Å². The maximum absolute atomic E-state index is 3.76. The maximum Gasteiger partial charge on any atom is 0.0874 e. The SMILES string of the molecule is C=C/C=C(N=C)\C(=C/C)N=C.CC. The van der Waals surface area contributed by atoms with Crippen molar-refractivity contribution in [3.63, 3.8) is 0 Å². The molecule has 0 bridgehead atoms. The third-order valence-electron chi connectivity index (χ3n) is 1.15. The molecule has 0 saturated heterocycles. The Balaban J connectivity index is 0. The van der Waals surface area contributed by atoms with Crippen LogP contribution >= 0.6 is 0 Å². The van der Waals surface area contributed by atoms with Gasteiger partial charge in [0.05, 0.1) is 11.4 Å². The molecule has 0 heterocycles. The fraction of sp³-hybridized carbons (Fsp3) is 0.273. The average Bonchev–Trinajstić information content (AvgIpc) is 2.21. The summed E-state index contributed by atoms with van der Waals surface area (Å²) in [6.07, 6.45) is 5.19. The van der Waals surface area contributed by atoms with E-state index < -0.39 is 0 Å². The molecule has 2 heteroatoms. The Kier molecular flexibility index (Phi) is 11.5. The van der Waals surface area contributed by atoms with Crippen molar-refractivity contribution < 1.29 is 0 Å². The second-order valence-electron chi connectivity index (χ2n) is 1.78. The lowest BCUT2D eigenvalue weighted by molar-refractivity contribution is 1.25. The molecule has 0 spiro atoms. The minimum absolute atomic E-state index is 0.692. The fourth-order valence-corrected chi connectivity index (χ4v) is 0.651. The molecule has 0 aromatic carbocycles. The van der Waals surface area contributed by atoms with Gasteiger partial charge in [0, 0.05) is 0 Å². The van der Waals surface area contributed by atoms with Crippen LogP contribution in [0.4, 0.5) is 0 Å². The van der Waals surface area contributed by atoms with Gasteiger partial charge in [-0.25, -0.2) is 0 Å². The highest BCUT2D eigenvalue weighted by atomic mass is 14.8. The van der Waals surface area contributed by atoms with Crippen LogP contribution in [-0.2, 0) is 0 Å². The molecule has 72 valence electrons. The molecule has 0 aliphatic heterocycles. The lowest BCUT2D eigenvalue weighted by Crippen LogP contribution is -1.80. The predicted molar refractivity (Wildman–Crippen MR) is 62.5 cm³/mol. The third-order valence-corrected chi connectivity index (χ3v) is 1.15. The third kappa shape index (κ3) is 5.79. The van der Waals surface area contributed by atoms with Crippen molar-refractivity contribution in [2.24, 2.45) is 9.98 Å². The molecule has 2 nitrogen and oxygen atoms in total.